The molecule has 1 heterocycles. The van der Waals surface area contributed by atoms with E-state index in [1.807, 2.05) is 24.3 Å². The van der Waals surface area contributed by atoms with Crippen LogP contribution in [-0.4, -0.2) is 10.8 Å². The molecule has 18 heavy (non-hydrogen) atoms. The van der Waals surface area contributed by atoms with Crippen molar-refractivity contribution in [2.45, 2.75) is 19.8 Å². The van der Waals surface area contributed by atoms with Gasteiger partial charge in [-0.25, -0.2) is 4.39 Å². The molecule has 0 aliphatic heterocycles. The van der Waals surface area contributed by atoms with Crippen molar-refractivity contribution in [2.75, 3.05) is 0 Å². The van der Waals surface area contributed by atoms with Crippen LogP contribution >= 0.6 is 0 Å². The predicted molar refractivity (Wildman–Crippen MR) is 68.0 cm³/mol. The second-order valence-electron chi connectivity index (χ2n) is 4.13. The number of aryl methyl sites for hydroxylation is 1. The van der Waals surface area contributed by atoms with Crippen LogP contribution in [0.4, 0.5) is 4.39 Å². The lowest BCUT2D eigenvalue weighted by Crippen LogP contribution is -2.06. The number of aromatic nitrogens is 1. The summed E-state index contributed by atoms with van der Waals surface area (Å²) in [5.41, 5.74) is 2.49. The summed E-state index contributed by atoms with van der Waals surface area (Å²) < 4.78 is 12.7. The molecule has 0 atom stereocenters. The molecule has 0 aliphatic rings. The normalized spacial score (nSPS) is 10.3. The van der Waals surface area contributed by atoms with Gasteiger partial charge in [0.15, 0.2) is 5.78 Å². The van der Waals surface area contributed by atoms with E-state index in [9.17, 15) is 9.18 Å². The van der Waals surface area contributed by atoms with Crippen LogP contribution in [-0.2, 0) is 12.8 Å². The zero-order valence-corrected chi connectivity index (χ0v) is 10.2. The Morgan fingerprint density at radius 2 is 1.78 bits per heavy atom. The summed E-state index contributed by atoms with van der Waals surface area (Å²) in [6, 6.07) is 10.6. The highest BCUT2D eigenvalue weighted by Gasteiger charge is 2.08. The van der Waals surface area contributed by atoms with E-state index in [1.165, 1.54) is 17.7 Å². The Morgan fingerprint density at radius 1 is 1.11 bits per heavy atom. The van der Waals surface area contributed by atoms with E-state index in [2.05, 4.69) is 11.9 Å². The summed E-state index contributed by atoms with van der Waals surface area (Å²) in [5.74, 6) is -0.530. The molecule has 2 aromatic rings. The molecule has 2 rings (SSSR count). The molecule has 0 radical (unpaired) electrons. The van der Waals surface area contributed by atoms with E-state index in [0.29, 0.717) is 12.1 Å². The average Bonchev–Trinajstić information content (AvgIpc) is 2.40. The van der Waals surface area contributed by atoms with E-state index in [-0.39, 0.29) is 5.78 Å². The highest BCUT2D eigenvalue weighted by atomic mass is 19.1. The van der Waals surface area contributed by atoms with Gasteiger partial charge >= 0.3 is 0 Å². The minimum atomic E-state index is -0.432. The number of pyridine rings is 1. The maximum atomic E-state index is 12.7. The minimum Gasteiger partial charge on any atom is -0.292 e. The molecule has 1 aromatic carbocycles. The van der Waals surface area contributed by atoms with Crippen LogP contribution in [0.5, 0.6) is 0 Å². The van der Waals surface area contributed by atoms with Crippen molar-refractivity contribution in [3.63, 3.8) is 0 Å². The zero-order chi connectivity index (χ0) is 13.0. The Kier molecular flexibility index (Phi) is 3.82. The van der Waals surface area contributed by atoms with E-state index in [1.54, 1.807) is 0 Å². The fraction of sp³-hybridized carbons (Fsp3) is 0.200. The fourth-order valence-corrected chi connectivity index (χ4v) is 1.71. The van der Waals surface area contributed by atoms with Crippen molar-refractivity contribution in [3.8, 4) is 0 Å². The van der Waals surface area contributed by atoms with Crippen LogP contribution in [0.1, 0.15) is 28.5 Å². The highest BCUT2D eigenvalue weighted by molar-refractivity contribution is 5.95. The van der Waals surface area contributed by atoms with Crippen LogP contribution in [0.3, 0.4) is 0 Å². The maximum Gasteiger partial charge on any atom is 0.185 e. The van der Waals surface area contributed by atoms with Crippen molar-refractivity contribution >= 4 is 5.78 Å². The van der Waals surface area contributed by atoms with Crippen molar-refractivity contribution in [3.05, 3.63) is 65.2 Å². The number of Topliss-reactive ketones (excluding diaryl/α,β-unsaturated/α-hetero) is 1. The van der Waals surface area contributed by atoms with Crippen LogP contribution in [0.15, 0.2) is 42.6 Å². The third kappa shape index (κ3) is 3.00. The van der Waals surface area contributed by atoms with Gasteiger partial charge in [-0.1, -0.05) is 31.2 Å². The highest BCUT2D eigenvalue weighted by Crippen LogP contribution is 2.09. The number of hydrogen-bond acceptors (Lipinski definition) is 2. The van der Waals surface area contributed by atoms with Gasteiger partial charge in [0, 0.05) is 6.42 Å². The lowest BCUT2D eigenvalue weighted by atomic mass is 10.0. The number of benzene rings is 1. The minimum absolute atomic E-state index is 0.0979. The molecule has 92 valence electrons. The summed E-state index contributed by atoms with van der Waals surface area (Å²) in [7, 11) is 0. The summed E-state index contributed by atoms with van der Waals surface area (Å²) in [6.07, 6.45) is 2.34. The second-order valence-corrected chi connectivity index (χ2v) is 4.13. The maximum absolute atomic E-state index is 12.7. The van der Waals surface area contributed by atoms with Crippen molar-refractivity contribution in [2.24, 2.45) is 0 Å². The molecule has 0 saturated heterocycles. The van der Waals surface area contributed by atoms with Gasteiger partial charge in [0.05, 0.1) is 6.20 Å². The van der Waals surface area contributed by atoms with Gasteiger partial charge in [0.25, 0.3) is 0 Å². The van der Waals surface area contributed by atoms with E-state index in [4.69, 9.17) is 0 Å². The van der Waals surface area contributed by atoms with Gasteiger partial charge in [-0.2, -0.15) is 0 Å². The first kappa shape index (κ1) is 12.4. The number of carbonyl (C=O) groups is 1. The number of nitrogens with zero attached hydrogens (tertiary/aromatic N) is 1. The smallest absolute Gasteiger partial charge is 0.185 e. The monoisotopic (exact) mass is 243 g/mol. The van der Waals surface area contributed by atoms with Crippen molar-refractivity contribution in [1.82, 2.24) is 4.98 Å². The molecule has 0 N–H and O–H groups in total. The molecule has 0 unspecified atom stereocenters. The molecular formula is C15H14FNO. The molecule has 2 nitrogen and oxygen atoms in total. The molecule has 0 bridgehead atoms. The molecular weight excluding hydrogens is 229 g/mol. The Labute approximate surface area is 105 Å². The van der Waals surface area contributed by atoms with E-state index < -0.39 is 5.82 Å². The molecule has 0 spiro atoms. The average molecular weight is 243 g/mol. The SMILES string of the molecule is CCc1ccc(CC(=O)c2ccc(F)cn2)cc1. The number of ketones is 1. The first-order chi connectivity index (χ1) is 8.69. The number of carbonyl (C=O) groups excluding carboxylic acids is 1. The molecule has 0 aliphatic carbocycles. The van der Waals surface area contributed by atoms with Crippen LogP contribution in [0, 0.1) is 5.82 Å². The topological polar surface area (TPSA) is 30.0 Å². The second kappa shape index (κ2) is 5.54. The van der Waals surface area contributed by atoms with Crippen LogP contribution in [0.25, 0.3) is 0 Å². The third-order valence-electron chi connectivity index (χ3n) is 2.81. The van der Waals surface area contributed by atoms with E-state index >= 15 is 0 Å². The van der Waals surface area contributed by atoms with Gasteiger partial charge in [-0.05, 0) is 29.7 Å². The summed E-state index contributed by atoms with van der Waals surface area (Å²) in [6.45, 7) is 2.09. The van der Waals surface area contributed by atoms with Gasteiger partial charge < -0.3 is 0 Å². The van der Waals surface area contributed by atoms with Crippen molar-refractivity contribution < 1.29 is 9.18 Å². The summed E-state index contributed by atoms with van der Waals surface area (Å²) >= 11 is 0. The molecule has 0 saturated carbocycles. The third-order valence-corrected chi connectivity index (χ3v) is 2.81. The largest absolute Gasteiger partial charge is 0.292 e. The van der Waals surface area contributed by atoms with Gasteiger partial charge in [-0.15, -0.1) is 0 Å². The standard InChI is InChI=1S/C15H14FNO/c1-2-11-3-5-12(6-4-11)9-15(18)14-8-7-13(16)10-17-14/h3-8,10H,2,9H2,1H3. The Morgan fingerprint density at radius 3 is 2.33 bits per heavy atom. The van der Waals surface area contributed by atoms with Gasteiger partial charge in [0.1, 0.15) is 11.5 Å². The first-order valence-electron chi connectivity index (χ1n) is 5.91. The Balaban J connectivity index is 2.08. The Hall–Kier alpha value is -2.03. The summed E-state index contributed by atoms with van der Waals surface area (Å²) in [4.78, 5) is 15.7. The summed E-state index contributed by atoms with van der Waals surface area (Å²) in [5, 5.41) is 0. The fourth-order valence-electron chi connectivity index (χ4n) is 1.71. The number of hydrogen-bond donors (Lipinski definition) is 0. The molecule has 0 amide bonds. The van der Waals surface area contributed by atoms with Gasteiger partial charge in [0.2, 0.25) is 0 Å². The lowest BCUT2D eigenvalue weighted by molar-refractivity contribution is 0.0988. The molecule has 1 aromatic heterocycles. The number of halogens is 1. The molecule has 0 fully saturated rings. The number of rotatable bonds is 4. The van der Waals surface area contributed by atoms with Crippen molar-refractivity contribution in [1.29, 1.82) is 0 Å². The Bertz CT molecular complexity index is 531. The van der Waals surface area contributed by atoms with Crippen LogP contribution < -0.4 is 0 Å². The van der Waals surface area contributed by atoms with E-state index in [0.717, 1.165) is 18.2 Å². The van der Waals surface area contributed by atoms with Crippen LogP contribution in [0.2, 0.25) is 0 Å². The first-order valence-corrected chi connectivity index (χ1v) is 5.91. The predicted octanol–water partition coefficient (Wildman–Crippen LogP) is 3.21. The zero-order valence-electron chi connectivity index (χ0n) is 10.2. The van der Waals surface area contributed by atoms with Gasteiger partial charge in [-0.3, -0.25) is 9.78 Å². The molecule has 3 heteroatoms. The quantitative estimate of drug-likeness (QED) is 0.772. The lowest BCUT2D eigenvalue weighted by Gasteiger charge is -2.02.